The molecular formula is C32H35NO5S. The van der Waals surface area contributed by atoms with Crippen LogP contribution in [0.2, 0.25) is 0 Å². The minimum absolute atomic E-state index is 0.00484. The van der Waals surface area contributed by atoms with E-state index in [-0.39, 0.29) is 34.8 Å². The van der Waals surface area contributed by atoms with Crippen molar-refractivity contribution in [3.05, 3.63) is 102 Å². The fourth-order valence-corrected chi connectivity index (χ4v) is 7.40. The quantitative estimate of drug-likeness (QED) is 0.232. The minimum Gasteiger partial charge on any atom is -0.481 e. The van der Waals surface area contributed by atoms with Gasteiger partial charge in [0, 0.05) is 11.8 Å². The van der Waals surface area contributed by atoms with E-state index in [1.54, 1.807) is 24.3 Å². The number of benzene rings is 3. The fourth-order valence-electron chi connectivity index (χ4n) is 6.09. The first kappa shape index (κ1) is 27.3. The lowest BCUT2D eigenvalue weighted by Crippen LogP contribution is -2.51. The summed E-state index contributed by atoms with van der Waals surface area (Å²) >= 11 is 0. The lowest BCUT2D eigenvalue weighted by Gasteiger charge is -2.39. The number of aryl methyl sites for hydroxylation is 1. The number of rotatable bonds is 11. The Morgan fingerprint density at radius 1 is 1.00 bits per heavy atom. The number of carboxylic acid groups (broad SMARTS) is 1. The maximum absolute atomic E-state index is 13.4. The summed E-state index contributed by atoms with van der Waals surface area (Å²) in [5.41, 5.74) is 4.13. The van der Waals surface area contributed by atoms with Crippen LogP contribution in [0.25, 0.3) is 11.1 Å². The van der Waals surface area contributed by atoms with Gasteiger partial charge in [0.2, 0.25) is 10.0 Å². The van der Waals surface area contributed by atoms with Gasteiger partial charge in [-0.05, 0) is 67.3 Å². The highest BCUT2D eigenvalue weighted by Gasteiger charge is 2.60. The van der Waals surface area contributed by atoms with Crippen molar-refractivity contribution in [1.29, 1.82) is 0 Å². The third-order valence-corrected chi connectivity index (χ3v) is 9.65. The Labute approximate surface area is 230 Å². The largest absolute Gasteiger partial charge is 0.481 e. The summed E-state index contributed by atoms with van der Waals surface area (Å²) in [7, 11) is -3.74. The molecule has 3 aromatic carbocycles. The second-order valence-electron chi connectivity index (χ2n) is 10.7. The van der Waals surface area contributed by atoms with Crippen LogP contribution in [-0.2, 0) is 25.0 Å². The molecule has 6 nitrogen and oxygen atoms in total. The Morgan fingerprint density at radius 2 is 1.69 bits per heavy atom. The van der Waals surface area contributed by atoms with E-state index in [2.05, 4.69) is 47.2 Å². The Kier molecular flexibility index (Phi) is 8.03. The van der Waals surface area contributed by atoms with Gasteiger partial charge in [-0.1, -0.05) is 84.4 Å². The van der Waals surface area contributed by atoms with Crippen molar-refractivity contribution in [2.24, 2.45) is 5.92 Å². The lowest BCUT2D eigenvalue weighted by atomic mass is 9.70. The highest BCUT2D eigenvalue weighted by Crippen LogP contribution is 2.54. The van der Waals surface area contributed by atoms with Crippen LogP contribution in [0.5, 0.6) is 0 Å². The monoisotopic (exact) mass is 545 g/mol. The normalized spacial score (nSPS) is 24.4. The van der Waals surface area contributed by atoms with Gasteiger partial charge >= 0.3 is 5.97 Å². The zero-order valence-electron chi connectivity index (χ0n) is 22.1. The molecule has 2 bridgehead atoms. The van der Waals surface area contributed by atoms with Crippen LogP contribution >= 0.6 is 0 Å². The Balaban J connectivity index is 1.42. The molecule has 0 spiro atoms. The predicted molar refractivity (Wildman–Crippen MR) is 152 cm³/mol. The summed E-state index contributed by atoms with van der Waals surface area (Å²) < 4.78 is 36.0. The molecule has 204 valence electrons. The molecule has 1 saturated heterocycles. The van der Waals surface area contributed by atoms with Gasteiger partial charge < -0.3 is 9.84 Å². The molecule has 2 N–H and O–H groups in total. The molecule has 1 saturated carbocycles. The summed E-state index contributed by atoms with van der Waals surface area (Å²) in [5.74, 6) is -0.799. The zero-order chi connectivity index (χ0) is 27.5. The van der Waals surface area contributed by atoms with Crippen LogP contribution in [-0.4, -0.2) is 38.2 Å². The summed E-state index contributed by atoms with van der Waals surface area (Å²) in [5, 5.41) is 8.92. The van der Waals surface area contributed by atoms with Gasteiger partial charge in [0.05, 0.1) is 23.6 Å². The molecule has 4 atom stereocenters. The molecular weight excluding hydrogens is 510 g/mol. The summed E-state index contributed by atoms with van der Waals surface area (Å²) in [6, 6.07) is 25.3. The first-order valence-electron chi connectivity index (χ1n) is 13.5. The second-order valence-corrected chi connectivity index (χ2v) is 12.4. The number of sulfonamides is 1. The maximum Gasteiger partial charge on any atom is 0.303 e. The van der Waals surface area contributed by atoms with Gasteiger partial charge in [0.25, 0.3) is 0 Å². The standard InChI is InChI=1S/C32H35NO5S/c1-23-13-19-27(20-14-23)39(36,37)33-31-28(11-7-2-3-8-12-30(34)35)32(21-29(31)38-22-32)26-17-15-25(16-18-26)24-9-5-4-6-10-24/h2,4-7,9-10,13-20,28-29,31,33H,3,8,11-12,21-22H2,1H3,(H,34,35)/b7-2+/t28-,29?,31-,32?/m0/s1. The van der Waals surface area contributed by atoms with Gasteiger partial charge in [0.15, 0.2) is 0 Å². The van der Waals surface area contributed by atoms with E-state index in [9.17, 15) is 13.2 Å². The Morgan fingerprint density at radius 3 is 2.38 bits per heavy atom. The lowest BCUT2D eigenvalue weighted by molar-refractivity contribution is -0.137. The molecule has 39 heavy (non-hydrogen) atoms. The summed E-state index contributed by atoms with van der Waals surface area (Å²) in [4.78, 5) is 11.1. The van der Waals surface area contributed by atoms with E-state index in [1.807, 2.05) is 31.2 Å². The predicted octanol–water partition coefficient (Wildman–Crippen LogP) is 5.87. The summed E-state index contributed by atoms with van der Waals surface area (Å²) in [6.45, 7) is 2.47. The smallest absolute Gasteiger partial charge is 0.303 e. The van der Waals surface area contributed by atoms with Gasteiger partial charge in [-0.25, -0.2) is 13.1 Å². The van der Waals surface area contributed by atoms with Crippen molar-refractivity contribution in [2.45, 2.75) is 61.5 Å². The highest BCUT2D eigenvalue weighted by molar-refractivity contribution is 7.89. The molecule has 0 amide bonds. The van der Waals surface area contributed by atoms with Gasteiger partial charge in [-0.3, -0.25) is 4.79 Å². The molecule has 2 unspecified atom stereocenters. The second kappa shape index (κ2) is 11.5. The third kappa shape index (κ3) is 5.86. The molecule has 1 heterocycles. The van der Waals surface area contributed by atoms with E-state index in [1.165, 1.54) is 0 Å². The number of hydrogen-bond acceptors (Lipinski definition) is 4. The van der Waals surface area contributed by atoms with Crippen molar-refractivity contribution >= 4 is 16.0 Å². The van der Waals surface area contributed by atoms with Gasteiger partial charge in [-0.2, -0.15) is 0 Å². The van der Waals surface area contributed by atoms with Crippen molar-refractivity contribution in [1.82, 2.24) is 4.72 Å². The molecule has 3 aromatic rings. The number of hydrogen-bond donors (Lipinski definition) is 2. The molecule has 2 aliphatic rings. The third-order valence-electron chi connectivity index (χ3n) is 8.17. The average Bonchev–Trinajstić information content (AvgIpc) is 3.50. The molecule has 1 aliphatic heterocycles. The van der Waals surface area contributed by atoms with E-state index in [0.29, 0.717) is 25.9 Å². The van der Waals surface area contributed by atoms with E-state index >= 15 is 0 Å². The molecule has 5 rings (SSSR count). The van der Waals surface area contributed by atoms with Crippen molar-refractivity contribution in [3.63, 3.8) is 0 Å². The van der Waals surface area contributed by atoms with Crippen LogP contribution < -0.4 is 4.72 Å². The van der Waals surface area contributed by atoms with Crippen molar-refractivity contribution < 1.29 is 23.1 Å². The first-order chi connectivity index (χ1) is 18.8. The van der Waals surface area contributed by atoms with Crippen LogP contribution in [0.3, 0.4) is 0 Å². The number of ether oxygens (including phenoxy) is 1. The van der Waals surface area contributed by atoms with Crippen LogP contribution in [0, 0.1) is 12.8 Å². The first-order valence-corrected chi connectivity index (χ1v) is 15.0. The summed E-state index contributed by atoms with van der Waals surface area (Å²) in [6.07, 6.45) is 6.71. The Hall–Kier alpha value is -3.26. The van der Waals surface area contributed by atoms with Crippen molar-refractivity contribution in [3.8, 4) is 11.1 Å². The number of nitrogens with one attached hydrogen (secondary N) is 1. The number of unbranched alkanes of at least 4 members (excludes halogenated alkanes) is 1. The van der Waals surface area contributed by atoms with Gasteiger partial charge in [-0.15, -0.1) is 0 Å². The van der Waals surface area contributed by atoms with E-state index in [4.69, 9.17) is 9.84 Å². The topological polar surface area (TPSA) is 92.7 Å². The SMILES string of the molecule is Cc1ccc(S(=O)(=O)N[C@@H]2C3CC(c4ccc(-c5ccccc5)cc4)(CO3)[C@H]2C/C=C/CCCC(=O)O)cc1. The number of carboxylic acids is 1. The molecule has 0 aromatic heterocycles. The molecule has 7 heteroatoms. The fraction of sp³-hybridized carbons (Fsp3) is 0.344. The zero-order valence-corrected chi connectivity index (χ0v) is 22.9. The van der Waals surface area contributed by atoms with Crippen LogP contribution in [0.4, 0.5) is 0 Å². The number of carbonyl (C=O) groups is 1. The Bertz CT molecular complexity index is 1420. The van der Waals surface area contributed by atoms with E-state index < -0.39 is 16.0 Å². The van der Waals surface area contributed by atoms with Crippen molar-refractivity contribution in [2.75, 3.05) is 6.61 Å². The van der Waals surface area contributed by atoms with Crippen LogP contribution in [0.15, 0.2) is 95.9 Å². The highest BCUT2D eigenvalue weighted by atomic mass is 32.2. The molecule has 2 fully saturated rings. The number of fused-ring (bicyclic) bond motifs is 2. The minimum atomic E-state index is -3.74. The number of allylic oxidation sites excluding steroid dienone is 2. The van der Waals surface area contributed by atoms with E-state index in [0.717, 1.165) is 28.7 Å². The number of aliphatic carboxylic acids is 1. The van der Waals surface area contributed by atoms with Crippen LogP contribution in [0.1, 0.15) is 43.2 Å². The molecule has 0 radical (unpaired) electrons. The average molecular weight is 546 g/mol. The molecule has 1 aliphatic carbocycles. The van der Waals surface area contributed by atoms with Gasteiger partial charge in [0.1, 0.15) is 0 Å². The maximum atomic E-state index is 13.4.